The molecule has 0 unspecified atom stereocenters. The number of amides is 2. The van der Waals surface area contributed by atoms with Gasteiger partial charge in [-0.25, -0.2) is 9.18 Å². The number of carbonyl (C=O) groups is 3. The first-order valence-electron chi connectivity index (χ1n) is 11.3. The first-order valence-corrected chi connectivity index (χ1v) is 12.1. The first kappa shape index (κ1) is 24.3. The van der Waals surface area contributed by atoms with Gasteiger partial charge in [-0.2, -0.15) is 0 Å². The van der Waals surface area contributed by atoms with E-state index in [1.807, 2.05) is 30.3 Å². The van der Waals surface area contributed by atoms with Gasteiger partial charge in [-0.05, 0) is 58.4 Å². The molecular weight excluding hydrogens is 493 g/mol. The van der Waals surface area contributed by atoms with Gasteiger partial charge in [0.1, 0.15) is 5.82 Å². The van der Waals surface area contributed by atoms with E-state index in [9.17, 15) is 18.8 Å². The third-order valence-electron chi connectivity index (χ3n) is 5.86. The number of esters is 1. The smallest absolute Gasteiger partial charge is 0.344 e. The molecule has 1 heterocycles. The number of halogens is 1. The number of benzene rings is 4. The van der Waals surface area contributed by atoms with Crippen LogP contribution in [-0.4, -0.2) is 29.1 Å². The zero-order chi connectivity index (χ0) is 25.9. The summed E-state index contributed by atoms with van der Waals surface area (Å²) < 4.78 is 25.1. The summed E-state index contributed by atoms with van der Waals surface area (Å²) in [5.74, 6) is -1.03. The topological polar surface area (TPSA) is 72.9 Å². The molecule has 1 aliphatic heterocycles. The second kappa shape index (κ2) is 10.3. The Kier molecular flexibility index (Phi) is 6.74. The summed E-state index contributed by atoms with van der Waals surface area (Å²) in [5, 5.41) is 1.21. The van der Waals surface area contributed by atoms with Gasteiger partial charge >= 0.3 is 5.97 Å². The Morgan fingerprint density at radius 1 is 0.946 bits per heavy atom. The molecule has 1 fully saturated rings. The lowest BCUT2D eigenvalue weighted by molar-refractivity contribution is -0.123. The molecule has 5 rings (SSSR count). The predicted octanol–water partition coefficient (Wildman–Crippen LogP) is 6.44. The Hall–Kier alpha value is -4.43. The van der Waals surface area contributed by atoms with Gasteiger partial charge in [-0.1, -0.05) is 60.7 Å². The van der Waals surface area contributed by atoms with E-state index >= 15 is 0 Å². The number of hydrogen-bond donors (Lipinski definition) is 0. The van der Waals surface area contributed by atoms with Crippen LogP contribution in [0.5, 0.6) is 11.5 Å². The monoisotopic (exact) mass is 513 g/mol. The number of nitrogens with zero attached hydrogens (tertiary/aromatic N) is 1. The average Bonchev–Trinajstić information content (AvgIpc) is 3.17. The van der Waals surface area contributed by atoms with Gasteiger partial charge in [0.15, 0.2) is 11.5 Å². The summed E-state index contributed by atoms with van der Waals surface area (Å²) in [5.41, 5.74) is 1.25. The Bertz CT molecular complexity index is 1580. The van der Waals surface area contributed by atoms with Gasteiger partial charge in [-0.3, -0.25) is 14.5 Å². The minimum absolute atomic E-state index is 0.152. The number of hydrogen-bond acceptors (Lipinski definition) is 6. The van der Waals surface area contributed by atoms with Crippen molar-refractivity contribution in [2.45, 2.75) is 6.54 Å². The molecule has 8 heteroatoms. The summed E-state index contributed by atoms with van der Waals surface area (Å²) in [7, 11) is 1.44. The van der Waals surface area contributed by atoms with Crippen LogP contribution in [0.1, 0.15) is 21.5 Å². The van der Waals surface area contributed by atoms with Crippen LogP contribution in [0.15, 0.2) is 89.8 Å². The van der Waals surface area contributed by atoms with E-state index in [4.69, 9.17) is 9.47 Å². The third kappa shape index (κ3) is 4.96. The molecular formula is C29H20FNO5S. The number of carbonyl (C=O) groups excluding carboxylic acids is 3. The van der Waals surface area contributed by atoms with Crippen molar-refractivity contribution in [2.75, 3.05) is 7.11 Å². The van der Waals surface area contributed by atoms with Crippen molar-refractivity contribution in [3.63, 3.8) is 0 Å². The Morgan fingerprint density at radius 3 is 2.51 bits per heavy atom. The van der Waals surface area contributed by atoms with Crippen LogP contribution < -0.4 is 9.47 Å². The highest BCUT2D eigenvalue weighted by Gasteiger charge is 2.35. The summed E-state index contributed by atoms with van der Waals surface area (Å²) >= 11 is 0.778. The van der Waals surface area contributed by atoms with E-state index in [0.29, 0.717) is 11.1 Å². The third-order valence-corrected chi connectivity index (χ3v) is 6.76. The molecule has 0 radical (unpaired) electrons. The van der Waals surface area contributed by atoms with E-state index < -0.39 is 22.9 Å². The molecule has 0 saturated carbocycles. The fourth-order valence-corrected chi connectivity index (χ4v) is 4.84. The van der Waals surface area contributed by atoms with Gasteiger partial charge in [0.25, 0.3) is 11.1 Å². The Labute approximate surface area is 216 Å². The maximum Gasteiger partial charge on any atom is 0.344 e. The van der Waals surface area contributed by atoms with Crippen LogP contribution in [0, 0.1) is 5.82 Å². The highest BCUT2D eigenvalue weighted by Crippen LogP contribution is 2.36. The molecule has 1 saturated heterocycles. The van der Waals surface area contributed by atoms with Crippen LogP contribution in [-0.2, 0) is 11.3 Å². The van der Waals surface area contributed by atoms with Crippen molar-refractivity contribution < 1.29 is 28.2 Å². The molecule has 1 aliphatic rings. The number of rotatable bonds is 6. The summed E-state index contributed by atoms with van der Waals surface area (Å²) in [6.07, 6.45) is 1.55. The van der Waals surface area contributed by atoms with Crippen LogP contribution in [0.25, 0.3) is 16.8 Å². The minimum Gasteiger partial charge on any atom is -0.493 e. The van der Waals surface area contributed by atoms with Crippen molar-refractivity contribution >= 4 is 45.7 Å². The summed E-state index contributed by atoms with van der Waals surface area (Å²) in [6.45, 7) is -0.152. The van der Waals surface area contributed by atoms with Crippen molar-refractivity contribution in [3.05, 3.63) is 112 Å². The maximum absolute atomic E-state index is 14.0. The SMILES string of the molecule is COc1cc(/C=C2\SC(=O)N(Cc3ccccc3F)C2=O)ccc1OC(=O)c1cccc2ccccc12. The highest BCUT2D eigenvalue weighted by molar-refractivity contribution is 8.18. The fourth-order valence-electron chi connectivity index (χ4n) is 4.00. The van der Waals surface area contributed by atoms with Crippen LogP contribution >= 0.6 is 11.8 Å². The molecule has 184 valence electrons. The quantitative estimate of drug-likeness (QED) is 0.168. The van der Waals surface area contributed by atoms with E-state index in [1.165, 1.54) is 19.2 Å². The van der Waals surface area contributed by atoms with E-state index in [2.05, 4.69) is 0 Å². The van der Waals surface area contributed by atoms with E-state index in [-0.39, 0.29) is 28.5 Å². The number of fused-ring (bicyclic) bond motifs is 1. The lowest BCUT2D eigenvalue weighted by Gasteiger charge is -2.13. The van der Waals surface area contributed by atoms with E-state index in [0.717, 1.165) is 27.4 Å². The highest BCUT2D eigenvalue weighted by atomic mass is 32.2. The second-order valence-electron chi connectivity index (χ2n) is 8.19. The Balaban J connectivity index is 1.36. The fraction of sp³-hybridized carbons (Fsp3) is 0.0690. The molecule has 0 spiro atoms. The van der Waals surface area contributed by atoms with E-state index in [1.54, 1.807) is 48.5 Å². The minimum atomic E-state index is -0.530. The Morgan fingerprint density at radius 2 is 1.70 bits per heavy atom. The van der Waals surface area contributed by atoms with Crippen molar-refractivity contribution in [3.8, 4) is 11.5 Å². The van der Waals surface area contributed by atoms with Crippen molar-refractivity contribution in [1.82, 2.24) is 4.90 Å². The molecule has 4 aromatic carbocycles. The molecule has 0 N–H and O–H groups in total. The number of ether oxygens (including phenoxy) is 2. The van der Waals surface area contributed by atoms with Gasteiger partial charge in [0.05, 0.1) is 24.1 Å². The zero-order valence-corrected chi connectivity index (χ0v) is 20.5. The lowest BCUT2D eigenvalue weighted by Crippen LogP contribution is -2.27. The lowest BCUT2D eigenvalue weighted by atomic mass is 10.0. The largest absolute Gasteiger partial charge is 0.493 e. The summed E-state index contributed by atoms with van der Waals surface area (Å²) in [6, 6.07) is 23.8. The van der Waals surface area contributed by atoms with Crippen molar-refractivity contribution in [2.24, 2.45) is 0 Å². The molecule has 0 bridgehead atoms. The second-order valence-corrected chi connectivity index (χ2v) is 9.18. The standard InChI is InChI=1S/C29H20FNO5S/c1-35-25-15-18(16-26-27(32)31(29(34)37-26)17-20-8-3-5-12-23(20)30)13-14-24(25)36-28(33)22-11-6-9-19-7-2-4-10-21(19)22/h2-16H,17H2,1H3/b26-16-. The normalized spacial score (nSPS) is 14.4. The molecule has 4 aromatic rings. The van der Waals surface area contributed by atoms with Gasteiger partial charge < -0.3 is 9.47 Å². The van der Waals surface area contributed by atoms with Crippen LogP contribution in [0.2, 0.25) is 0 Å². The molecule has 0 atom stereocenters. The zero-order valence-electron chi connectivity index (χ0n) is 19.6. The number of imide groups is 1. The maximum atomic E-state index is 14.0. The average molecular weight is 514 g/mol. The van der Waals surface area contributed by atoms with Gasteiger partial charge in [0, 0.05) is 5.56 Å². The predicted molar refractivity (Wildman–Crippen MR) is 140 cm³/mol. The van der Waals surface area contributed by atoms with Crippen LogP contribution in [0.3, 0.4) is 0 Å². The molecule has 0 aliphatic carbocycles. The van der Waals surface area contributed by atoms with Gasteiger partial charge in [-0.15, -0.1) is 0 Å². The van der Waals surface area contributed by atoms with Crippen molar-refractivity contribution in [1.29, 1.82) is 0 Å². The molecule has 6 nitrogen and oxygen atoms in total. The first-order chi connectivity index (χ1) is 17.9. The molecule has 37 heavy (non-hydrogen) atoms. The number of methoxy groups -OCH3 is 1. The van der Waals surface area contributed by atoms with Crippen LogP contribution in [0.4, 0.5) is 9.18 Å². The van der Waals surface area contributed by atoms with Gasteiger partial charge in [0.2, 0.25) is 0 Å². The number of thioether (sulfide) groups is 1. The summed E-state index contributed by atoms with van der Waals surface area (Å²) in [4.78, 5) is 39.5. The molecule has 0 aromatic heterocycles. The molecule has 2 amide bonds.